The lowest BCUT2D eigenvalue weighted by molar-refractivity contribution is -0.303. The number of hydrogen-bond acceptors (Lipinski definition) is 2. The van der Waals surface area contributed by atoms with Crippen molar-refractivity contribution in [1.29, 1.82) is 0 Å². The van der Waals surface area contributed by atoms with E-state index in [1.165, 1.54) is 13.8 Å². The van der Waals surface area contributed by atoms with Crippen LogP contribution in [0.3, 0.4) is 0 Å². The van der Waals surface area contributed by atoms with Crippen LogP contribution >= 0.6 is 0 Å². The first kappa shape index (κ1) is 27.9. The molecule has 0 aliphatic heterocycles. The summed E-state index contributed by atoms with van der Waals surface area (Å²) in [6.45, 7) is 4.97. The molecule has 0 aliphatic carbocycles. The number of hydrogen-bond donors (Lipinski definition) is 0. The van der Waals surface area contributed by atoms with E-state index in [4.69, 9.17) is 4.74 Å². The van der Waals surface area contributed by atoms with Gasteiger partial charge in [-0.15, -0.1) is 0 Å². The van der Waals surface area contributed by atoms with Gasteiger partial charge in [-0.3, -0.25) is 4.79 Å². The lowest BCUT2D eigenvalue weighted by Gasteiger charge is -2.50. The Kier molecular flexibility index (Phi) is 7.27. The molecule has 0 heterocycles. The smallest absolute Gasteiger partial charge is 0.425 e. The Balaban J connectivity index is 5.97. The average Bonchev–Trinajstić information content (AvgIpc) is 2.50. The van der Waals surface area contributed by atoms with Gasteiger partial charge in [0.25, 0.3) is 0 Å². The van der Waals surface area contributed by atoms with Crippen molar-refractivity contribution in [3.63, 3.8) is 0 Å². The highest BCUT2D eigenvalue weighted by Gasteiger charge is 2.77. The zero-order valence-corrected chi connectivity index (χ0v) is 18.1. The molecule has 29 heavy (non-hydrogen) atoms. The molecule has 0 aromatic rings. The average molecular weight is 442 g/mol. The minimum absolute atomic E-state index is 0.00821. The van der Waals surface area contributed by atoms with E-state index in [0.29, 0.717) is 6.92 Å². The van der Waals surface area contributed by atoms with Gasteiger partial charge < -0.3 is 4.74 Å². The summed E-state index contributed by atoms with van der Waals surface area (Å²) in [6.07, 6.45) is -5.90. The highest BCUT2D eigenvalue weighted by molar-refractivity contribution is 5.76. The van der Waals surface area contributed by atoms with Crippen molar-refractivity contribution in [1.82, 2.24) is 0 Å². The van der Waals surface area contributed by atoms with Crippen LogP contribution in [0.5, 0.6) is 0 Å². The summed E-state index contributed by atoms with van der Waals surface area (Å²) in [4.78, 5) is 12.1. The third-order valence-electron chi connectivity index (χ3n) is 6.60. The Morgan fingerprint density at radius 3 is 1.34 bits per heavy atom. The molecule has 2 nitrogen and oxygen atoms in total. The first-order valence-corrected chi connectivity index (χ1v) is 9.01. The van der Waals surface area contributed by atoms with E-state index in [9.17, 15) is 26.7 Å². The summed E-state index contributed by atoms with van der Waals surface area (Å²) in [7, 11) is 0. The van der Waals surface area contributed by atoms with E-state index in [1.807, 2.05) is 0 Å². The minimum atomic E-state index is -5.90. The van der Waals surface area contributed by atoms with Crippen molar-refractivity contribution >= 4 is 5.97 Å². The van der Waals surface area contributed by atoms with Crippen molar-refractivity contribution in [2.75, 3.05) is 6.61 Å². The molecule has 0 rings (SSSR count). The van der Waals surface area contributed by atoms with E-state index in [2.05, 4.69) is 0 Å². The number of carbonyl (C=O) groups excluding carboxylic acids is 1. The maximum absolute atomic E-state index is 15.3. The molecule has 0 bridgehead atoms. The topological polar surface area (TPSA) is 26.3 Å². The van der Waals surface area contributed by atoms with Gasteiger partial charge in [0.05, 0.1) is 5.41 Å². The lowest BCUT2D eigenvalue weighted by Crippen LogP contribution is -2.73. The molecule has 0 N–H and O–H groups in total. The van der Waals surface area contributed by atoms with Gasteiger partial charge in [-0.1, -0.05) is 13.8 Å². The fourth-order valence-electron chi connectivity index (χ4n) is 2.40. The normalized spacial score (nSPS) is 23.9. The van der Waals surface area contributed by atoms with Crippen molar-refractivity contribution in [2.24, 2.45) is 11.3 Å². The van der Waals surface area contributed by atoms with Gasteiger partial charge in [-0.25, -0.2) is 22.0 Å². The lowest BCUT2D eigenvalue weighted by atomic mass is 9.65. The number of halogens is 8. The van der Waals surface area contributed by atoms with Crippen molar-refractivity contribution in [2.45, 2.75) is 96.8 Å². The predicted octanol–water partition coefficient (Wildman–Crippen LogP) is 6.42. The third kappa shape index (κ3) is 4.36. The molecule has 0 amide bonds. The minimum Gasteiger partial charge on any atom is -0.462 e. The quantitative estimate of drug-likeness (QED) is 0.321. The second-order valence-electron chi connectivity index (χ2n) is 9.16. The Morgan fingerprint density at radius 1 is 0.690 bits per heavy atom. The first-order chi connectivity index (χ1) is 12.3. The molecule has 174 valence electrons. The van der Waals surface area contributed by atoms with Crippen LogP contribution in [0, 0.1) is 11.3 Å². The Labute approximate surface area is 166 Å². The second-order valence-corrected chi connectivity index (χ2v) is 9.16. The number of ether oxygens (including phenoxy) is 1. The van der Waals surface area contributed by atoms with E-state index < -0.39 is 52.5 Å². The first-order valence-electron chi connectivity index (χ1n) is 9.01. The molecule has 0 spiro atoms. The van der Waals surface area contributed by atoms with Gasteiger partial charge >= 0.3 is 12.1 Å². The summed E-state index contributed by atoms with van der Waals surface area (Å²) in [6, 6.07) is 0. The number of alkyl halides is 8. The molecule has 0 radical (unpaired) electrons. The van der Waals surface area contributed by atoms with Crippen LogP contribution in [0.4, 0.5) is 35.1 Å². The highest BCUT2D eigenvalue weighted by atomic mass is 19.4. The molecule has 0 fully saturated rings. The Bertz CT molecular complexity index is 602. The SMILES string of the molecule is CC(C)C(C)(C)C(=O)OCC(C)(F)C(C)(F)C(C)(F)C(C)(F)C(C)(F)C(F)(F)F. The number of rotatable bonds is 8. The maximum atomic E-state index is 15.3. The van der Waals surface area contributed by atoms with Crippen LogP contribution in [0.2, 0.25) is 0 Å². The van der Waals surface area contributed by atoms with Crippen LogP contribution in [-0.2, 0) is 9.53 Å². The van der Waals surface area contributed by atoms with Crippen LogP contribution in [-0.4, -0.2) is 47.1 Å². The van der Waals surface area contributed by atoms with Crippen LogP contribution in [0.1, 0.15) is 62.3 Å². The zero-order chi connectivity index (χ0) is 24.1. The van der Waals surface area contributed by atoms with Gasteiger partial charge in [0.15, 0.2) is 22.7 Å². The summed E-state index contributed by atoms with van der Waals surface area (Å²) in [5, 5.41) is 0. The Hall–Kier alpha value is -1.09. The van der Waals surface area contributed by atoms with Crippen LogP contribution in [0.15, 0.2) is 0 Å². The van der Waals surface area contributed by atoms with Crippen molar-refractivity contribution in [3.05, 3.63) is 0 Å². The molecule has 0 aliphatic rings. The van der Waals surface area contributed by atoms with Crippen LogP contribution in [0.25, 0.3) is 0 Å². The summed E-state index contributed by atoms with van der Waals surface area (Å²) >= 11 is 0. The molecule has 0 aromatic carbocycles. The second kappa shape index (κ2) is 7.55. The molecule has 5 atom stereocenters. The number of esters is 1. The fourth-order valence-corrected chi connectivity index (χ4v) is 2.40. The van der Waals surface area contributed by atoms with Crippen LogP contribution < -0.4 is 0 Å². The zero-order valence-electron chi connectivity index (χ0n) is 18.1. The largest absolute Gasteiger partial charge is 0.462 e. The molecule has 5 unspecified atom stereocenters. The van der Waals surface area contributed by atoms with Gasteiger partial charge in [0.1, 0.15) is 6.61 Å². The molecule has 0 aromatic heterocycles. The fraction of sp³-hybridized carbons (Fsp3) is 0.947. The molecular weight excluding hydrogens is 412 g/mol. The van der Waals surface area contributed by atoms with E-state index in [0.717, 1.165) is 0 Å². The van der Waals surface area contributed by atoms with E-state index in [-0.39, 0.29) is 33.6 Å². The summed E-state index contributed by atoms with van der Waals surface area (Å²) in [5.74, 6) is -1.25. The molecule has 0 saturated heterocycles. The van der Waals surface area contributed by atoms with E-state index >= 15 is 13.2 Å². The third-order valence-corrected chi connectivity index (χ3v) is 6.60. The molecule has 0 saturated carbocycles. The van der Waals surface area contributed by atoms with Crippen molar-refractivity contribution < 1.29 is 44.7 Å². The standard InChI is InChI=1S/C19H30F8O2/c1-11(2)13(3,4)12(28)29-10-14(5,20)15(6,21)16(7,22)17(8,23)18(9,24)19(25,26)27/h11H,10H2,1-9H3. The van der Waals surface area contributed by atoms with Gasteiger partial charge in [-0.2, -0.15) is 13.2 Å². The molecular formula is C19H30F8O2. The highest BCUT2D eigenvalue weighted by Crippen LogP contribution is 2.56. The Morgan fingerprint density at radius 2 is 1.03 bits per heavy atom. The predicted molar refractivity (Wildman–Crippen MR) is 93.2 cm³/mol. The number of carbonyl (C=O) groups is 1. The maximum Gasteiger partial charge on any atom is 0.425 e. The summed E-state index contributed by atoms with van der Waals surface area (Å²) in [5.41, 5.74) is -22.3. The van der Waals surface area contributed by atoms with Crippen molar-refractivity contribution in [3.8, 4) is 0 Å². The van der Waals surface area contributed by atoms with Gasteiger partial charge in [-0.05, 0) is 54.4 Å². The summed E-state index contributed by atoms with van der Waals surface area (Å²) < 4.78 is 118. The monoisotopic (exact) mass is 442 g/mol. The van der Waals surface area contributed by atoms with Gasteiger partial charge in [0, 0.05) is 0 Å². The van der Waals surface area contributed by atoms with Gasteiger partial charge in [0.2, 0.25) is 5.67 Å². The molecule has 10 heteroatoms. The van der Waals surface area contributed by atoms with E-state index in [1.54, 1.807) is 13.8 Å².